The van der Waals surface area contributed by atoms with Gasteiger partial charge in [-0.15, -0.1) is 11.3 Å². The molecular formula is C21H25ClN2O3S. The Bertz CT molecular complexity index is 930. The van der Waals surface area contributed by atoms with Gasteiger partial charge in [-0.05, 0) is 54.4 Å². The fraction of sp³-hybridized carbons (Fsp3) is 0.429. The molecule has 3 N–H and O–H groups in total. The number of hydrogen-bond acceptors (Lipinski definition) is 4. The lowest BCUT2D eigenvalue weighted by Crippen LogP contribution is -2.27. The minimum absolute atomic E-state index is 0.187. The van der Waals surface area contributed by atoms with E-state index in [9.17, 15) is 9.59 Å². The number of benzene rings is 1. The first kappa shape index (κ1) is 20.7. The van der Waals surface area contributed by atoms with Gasteiger partial charge in [0.25, 0.3) is 11.8 Å². The molecule has 1 aromatic heterocycles. The zero-order chi connectivity index (χ0) is 20.6. The summed E-state index contributed by atoms with van der Waals surface area (Å²) < 4.78 is 5.26. The second-order valence-corrected chi connectivity index (χ2v) is 9.72. The van der Waals surface area contributed by atoms with E-state index in [2.05, 4.69) is 26.1 Å². The molecule has 0 radical (unpaired) electrons. The van der Waals surface area contributed by atoms with E-state index in [1.807, 2.05) is 0 Å². The van der Waals surface area contributed by atoms with Gasteiger partial charge in [0.15, 0.2) is 0 Å². The lowest BCUT2D eigenvalue weighted by Gasteiger charge is -2.33. The predicted molar refractivity (Wildman–Crippen MR) is 114 cm³/mol. The Labute approximate surface area is 174 Å². The monoisotopic (exact) mass is 420 g/mol. The first-order chi connectivity index (χ1) is 13.1. The molecule has 0 aliphatic heterocycles. The third kappa shape index (κ3) is 4.03. The van der Waals surface area contributed by atoms with Crippen LogP contribution in [0.15, 0.2) is 18.2 Å². The molecule has 1 atom stereocenters. The summed E-state index contributed by atoms with van der Waals surface area (Å²) in [4.78, 5) is 26.2. The standard InChI is InChI=1S/C21H25ClN2O3S/c1-21(2,3)11-5-7-13-16(9-11)28-20(17(13)18(23)25)24-19(26)14-10-12(22)6-8-15(14)27-4/h6,8,10-11H,5,7,9H2,1-4H3,(H2,23,25)(H,24,26)/t11-/m0/s1. The zero-order valence-electron chi connectivity index (χ0n) is 16.5. The molecule has 150 valence electrons. The van der Waals surface area contributed by atoms with Crippen molar-refractivity contribution in [1.29, 1.82) is 0 Å². The smallest absolute Gasteiger partial charge is 0.260 e. The van der Waals surface area contributed by atoms with E-state index in [1.165, 1.54) is 18.4 Å². The van der Waals surface area contributed by atoms with Gasteiger partial charge in [-0.2, -0.15) is 0 Å². The molecule has 0 saturated carbocycles. The van der Waals surface area contributed by atoms with Gasteiger partial charge in [-0.3, -0.25) is 9.59 Å². The summed E-state index contributed by atoms with van der Waals surface area (Å²) in [6, 6.07) is 4.84. The van der Waals surface area contributed by atoms with E-state index in [0.717, 1.165) is 29.7 Å². The minimum atomic E-state index is -0.514. The molecule has 28 heavy (non-hydrogen) atoms. The average Bonchev–Trinajstić information content (AvgIpc) is 2.97. The van der Waals surface area contributed by atoms with Crippen molar-refractivity contribution in [2.45, 2.75) is 40.0 Å². The quantitative estimate of drug-likeness (QED) is 0.737. The Balaban J connectivity index is 1.95. The van der Waals surface area contributed by atoms with Crippen molar-refractivity contribution in [1.82, 2.24) is 0 Å². The fourth-order valence-corrected chi connectivity index (χ4v) is 5.20. The average molecular weight is 421 g/mol. The van der Waals surface area contributed by atoms with Crippen LogP contribution < -0.4 is 15.8 Å². The molecule has 1 aromatic carbocycles. The number of fused-ring (bicyclic) bond motifs is 1. The maximum absolute atomic E-state index is 12.9. The summed E-state index contributed by atoms with van der Waals surface area (Å²) in [7, 11) is 1.49. The fourth-order valence-electron chi connectivity index (χ4n) is 3.70. The van der Waals surface area contributed by atoms with E-state index in [0.29, 0.717) is 32.8 Å². The third-order valence-corrected chi connectivity index (χ3v) is 6.77. The number of hydrogen-bond donors (Lipinski definition) is 2. The number of thiophene rings is 1. The lowest BCUT2D eigenvalue weighted by molar-refractivity contribution is 0.1000. The highest BCUT2D eigenvalue weighted by Gasteiger charge is 2.33. The predicted octanol–water partition coefficient (Wildman–Crippen LogP) is 4.91. The van der Waals surface area contributed by atoms with Crippen LogP contribution in [-0.2, 0) is 12.8 Å². The highest BCUT2D eigenvalue weighted by Crippen LogP contribution is 2.44. The van der Waals surface area contributed by atoms with Crippen molar-refractivity contribution in [3.8, 4) is 5.75 Å². The van der Waals surface area contributed by atoms with Gasteiger partial charge in [-0.25, -0.2) is 0 Å². The number of nitrogens with two attached hydrogens (primary N) is 1. The molecule has 0 spiro atoms. The number of rotatable bonds is 4. The normalized spacial score (nSPS) is 16.4. The number of carbonyl (C=O) groups is 2. The van der Waals surface area contributed by atoms with Crippen molar-refractivity contribution in [3.05, 3.63) is 44.8 Å². The van der Waals surface area contributed by atoms with Crippen LogP contribution >= 0.6 is 22.9 Å². The zero-order valence-corrected chi connectivity index (χ0v) is 18.1. The lowest BCUT2D eigenvalue weighted by atomic mass is 9.72. The van der Waals surface area contributed by atoms with Crippen LogP contribution in [-0.4, -0.2) is 18.9 Å². The van der Waals surface area contributed by atoms with Gasteiger partial charge < -0.3 is 15.8 Å². The van der Waals surface area contributed by atoms with Crippen molar-refractivity contribution >= 4 is 39.8 Å². The summed E-state index contributed by atoms with van der Waals surface area (Å²) in [6.07, 6.45) is 2.69. The second kappa shape index (κ2) is 7.76. The molecule has 1 heterocycles. The van der Waals surface area contributed by atoms with Gasteiger partial charge >= 0.3 is 0 Å². The SMILES string of the molecule is COc1ccc(Cl)cc1C(=O)Nc1sc2c(c1C(N)=O)CC[C@H](C(C)(C)C)C2. The Morgan fingerprint density at radius 2 is 2.04 bits per heavy atom. The summed E-state index contributed by atoms with van der Waals surface area (Å²) >= 11 is 7.48. The molecule has 1 aliphatic rings. The molecule has 3 rings (SSSR count). The summed E-state index contributed by atoms with van der Waals surface area (Å²) in [5.41, 5.74) is 7.58. The van der Waals surface area contributed by atoms with E-state index >= 15 is 0 Å². The van der Waals surface area contributed by atoms with Crippen molar-refractivity contribution in [3.63, 3.8) is 0 Å². The van der Waals surface area contributed by atoms with Crippen LogP contribution in [0.5, 0.6) is 5.75 Å². The highest BCUT2D eigenvalue weighted by molar-refractivity contribution is 7.17. The van der Waals surface area contributed by atoms with Crippen molar-refractivity contribution < 1.29 is 14.3 Å². The molecule has 2 aromatic rings. The first-order valence-corrected chi connectivity index (χ1v) is 10.4. The number of carbonyl (C=O) groups excluding carboxylic acids is 2. The van der Waals surface area contributed by atoms with Gasteiger partial charge in [0.1, 0.15) is 10.8 Å². The maximum atomic E-state index is 12.9. The summed E-state index contributed by atoms with van der Waals surface area (Å²) in [6.45, 7) is 6.71. The summed E-state index contributed by atoms with van der Waals surface area (Å²) in [5, 5.41) is 3.79. The van der Waals surface area contributed by atoms with E-state index in [4.69, 9.17) is 22.1 Å². The van der Waals surface area contributed by atoms with Gasteiger partial charge in [0.05, 0.1) is 18.2 Å². The van der Waals surface area contributed by atoms with Gasteiger partial charge in [0.2, 0.25) is 0 Å². The Kier molecular flexibility index (Phi) is 5.73. The first-order valence-electron chi connectivity index (χ1n) is 9.21. The molecule has 5 nitrogen and oxygen atoms in total. The van der Waals surface area contributed by atoms with Gasteiger partial charge in [0, 0.05) is 9.90 Å². The Morgan fingerprint density at radius 3 is 2.64 bits per heavy atom. The largest absolute Gasteiger partial charge is 0.496 e. The Morgan fingerprint density at radius 1 is 1.32 bits per heavy atom. The molecule has 0 unspecified atom stereocenters. The number of anilines is 1. The minimum Gasteiger partial charge on any atom is -0.496 e. The van der Waals surface area contributed by atoms with E-state index in [-0.39, 0.29) is 11.3 Å². The van der Waals surface area contributed by atoms with E-state index in [1.54, 1.807) is 18.2 Å². The van der Waals surface area contributed by atoms with E-state index < -0.39 is 5.91 Å². The highest BCUT2D eigenvalue weighted by atomic mass is 35.5. The Hall–Kier alpha value is -2.05. The second-order valence-electron chi connectivity index (χ2n) is 8.18. The molecule has 7 heteroatoms. The third-order valence-electron chi connectivity index (χ3n) is 5.37. The number of halogens is 1. The van der Waals surface area contributed by atoms with Crippen molar-refractivity contribution in [2.24, 2.45) is 17.1 Å². The van der Waals surface area contributed by atoms with Crippen LogP contribution in [0.4, 0.5) is 5.00 Å². The maximum Gasteiger partial charge on any atom is 0.260 e. The van der Waals surface area contributed by atoms with Crippen molar-refractivity contribution in [2.75, 3.05) is 12.4 Å². The van der Waals surface area contributed by atoms with Gasteiger partial charge in [-0.1, -0.05) is 32.4 Å². The number of methoxy groups -OCH3 is 1. The topological polar surface area (TPSA) is 81.4 Å². The number of primary amides is 1. The van der Waals surface area contributed by atoms with Crippen LogP contribution in [0.3, 0.4) is 0 Å². The number of amides is 2. The van der Waals surface area contributed by atoms with Crippen LogP contribution in [0.2, 0.25) is 5.02 Å². The number of nitrogens with one attached hydrogen (secondary N) is 1. The van der Waals surface area contributed by atoms with Crippen LogP contribution in [0.1, 0.15) is 58.3 Å². The summed E-state index contributed by atoms with van der Waals surface area (Å²) in [5.74, 6) is 0.0421. The molecule has 0 saturated heterocycles. The molecule has 1 aliphatic carbocycles. The molecule has 2 amide bonds. The molecule has 0 bridgehead atoms. The molecule has 0 fully saturated rings. The van der Waals surface area contributed by atoms with Crippen LogP contribution in [0.25, 0.3) is 0 Å². The van der Waals surface area contributed by atoms with Crippen LogP contribution in [0, 0.1) is 11.3 Å². The number of ether oxygens (including phenoxy) is 1. The molecular weight excluding hydrogens is 396 g/mol.